The Bertz CT molecular complexity index is 966. The Morgan fingerprint density at radius 1 is 0.821 bits per heavy atom. The van der Waals surface area contributed by atoms with Crippen molar-refractivity contribution in [2.75, 3.05) is 10.6 Å². The highest BCUT2D eigenvalue weighted by Crippen LogP contribution is 2.15. The quantitative estimate of drug-likeness (QED) is 0.535. The molecule has 1 amide bonds. The normalized spacial score (nSPS) is 10.2. The highest BCUT2D eigenvalue weighted by Gasteiger charge is 2.07. The fourth-order valence-electron chi connectivity index (χ4n) is 2.96. The summed E-state index contributed by atoms with van der Waals surface area (Å²) in [5, 5.41) is 9.74. The van der Waals surface area contributed by atoms with Gasteiger partial charge in [0.15, 0.2) is 5.11 Å². The number of hydrogen-bond acceptors (Lipinski definition) is 2. The van der Waals surface area contributed by atoms with Crippen LogP contribution in [0.15, 0.2) is 72.8 Å². The second kappa shape index (κ2) is 9.15. The Kier molecular flexibility index (Phi) is 6.40. The number of aryl methyl sites for hydroxylation is 2. The molecule has 3 rings (SSSR count). The summed E-state index contributed by atoms with van der Waals surface area (Å²) < 4.78 is 0. The summed E-state index contributed by atoms with van der Waals surface area (Å²) in [4.78, 5) is 12.4. The lowest BCUT2D eigenvalue weighted by Crippen LogP contribution is -2.23. The summed E-state index contributed by atoms with van der Waals surface area (Å²) in [6, 6.07) is 23.3. The molecule has 0 aliphatic carbocycles. The van der Waals surface area contributed by atoms with Gasteiger partial charge < -0.3 is 16.0 Å². The maximum Gasteiger partial charge on any atom is 0.251 e. The van der Waals surface area contributed by atoms with Crippen LogP contribution in [0.1, 0.15) is 27.0 Å². The number of carbonyl (C=O) groups is 1. The van der Waals surface area contributed by atoms with Gasteiger partial charge in [-0.25, -0.2) is 0 Å². The average molecular weight is 390 g/mol. The van der Waals surface area contributed by atoms with Crippen LogP contribution in [0, 0.1) is 13.8 Å². The van der Waals surface area contributed by atoms with E-state index in [-0.39, 0.29) is 5.91 Å². The molecule has 5 heteroatoms. The van der Waals surface area contributed by atoms with Crippen molar-refractivity contribution < 1.29 is 4.79 Å². The summed E-state index contributed by atoms with van der Waals surface area (Å²) in [6.07, 6.45) is 0. The van der Waals surface area contributed by atoms with Crippen molar-refractivity contribution in [1.29, 1.82) is 0 Å². The molecule has 0 saturated carbocycles. The molecule has 28 heavy (non-hydrogen) atoms. The fraction of sp³-hybridized carbons (Fsp3) is 0.130. The Balaban J connectivity index is 1.60. The molecule has 3 aromatic rings. The van der Waals surface area contributed by atoms with Gasteiger partial charge in [-0.05, 0) is 73.1 Å². The van der Waals surface area contributed by atoms with Crippen LogP contribution >= 0.6 is 12.2 Å². The SMILES string of the molecule is Cc1cc(C)cc(NC(=S)Nc2cccc(C(=O)NCc3ccccc3)c2)c1. The van der Waals surface area contributed by atoms with Gasteiger partial charge in [-0.1, -0.05) is 42.5 Å². The Labute approximate surface area is 171 Å². The van der Waals surface area contributed by atoms with Gasteiger partial charge in [0.2, 0.25) is 0 Å². The minimum absolute atomic E-state index is 0.124. The zero-order valence-corrected chi connectivity index (χ0v) is 16.8. The molecule has 142 valence electrons. The molecule has 3 N–H and O–H groups in total. The first-order valence-corrected chi connectivity index (χ1v) is 9.49. The maximum absolute atomic E-state index is 12.4. The Hall–Kier alpha value is -3.18. The van der Waals surface area contributed by atoms with E-state index in [1.54, 1.807) is 12.1 Å². The van der Waals surface area contributed by atoms with Crippen molar-refractivity contribution in [1.82, 2.24) is 5.32 Å². The molecule has 0 heterocycles. The highest BCUT2D eigenvalue weighted by atomic mass is 32.1. The first-order chi connectivity index (χ1) is 13.5. The van der Waals surface area contributed by atoms with E-state index in [1.165, 1.54) is 11.1 Å². The predicted octanol–water partition coefficient (Wildman–Crippen LogP) is 5.04. The molecule has 0 atom stereocenters. The van der Waals surface area contributed by atoms with Crippen LogP contribution in [0.2, 0.25) is 0 Å². The number of carbonyl (C=O) groups excluding carboxylic acids is 1. The van der Waals surface area contributed by atoms with E-state index in [4.69, 9.17) is 12.2 Å². The molecule has 0 aliphatic heterocycles. The van der Waals surface area contributed by atoms with E-state index in [9.17, 15) is 4.79 Å². The maximum atomic E-state index is 12.4. The molecule has 0 aliphatic rings. The Morgan fingerprint density at radius 3 is 2.21 bits per heavy atom. The van der Waals surface area contributed by atoms with Gasteiger partial charge >= 0.3 is 0 Å². The first-order valence-electron chi connectivity index (χ1n) is 9.08. The summed E-state index contributed by atoms with van der Waals surface area (Å²) in [5.41, 5.74) is 5.67. The van der Waals surface area contributed by atoms with E-state index in [2.05, 4.69) is 22.0 Å². The number of thiocarbonyl (C=S) groups is 1. The lowest BCUT2D eigenvalue weighted by Gasteiger charge is -2.13. The van der Waals surface area contributed by atoms with Crippen LogP contribution in [0.3, 0.4) is 0 Å². The lowest BCUT2D eigenvalue weighted by atomic mass is 10.1. The number of nitrogens with one attached hydrogen (secondary N) is 3. The van der Waals surface area contributed by atoms with Gasteiger partial charge in [0.25, 0.3) is 5.91 Å². The van der Waals surface area contributed by atoms with Crippen LogP contribution in [0.25, 0.3) is 0 Å². The number of rotatable bonds is 5. The van der Waals surface area contributed by atoms with Gasteiger partial charge in [-0.3, -0.25) is 4.79 Å². The van der Waals surface area contributed by atoms with Crippen molar-refractivity contribution in [2.45, 2.75) is 20.4 Å². The van der Waals surface area contributed by atoms with Crippen LogP contribution in [0.4, 0.5) is 11.4 Å². The summed E-state index contributed by atoms with van der Waals surface area (Å²) in [5.74, 6) is -0.124. The molecule has 0 aromatic heterocycles. The van der Waals surface area contributed by atoms with E-state index < -0.39 is 0 Å². The third kappa shape index (κ3) is 5.66. The zero-order chi connectivity index (χ0) is 19.9. The minimum Gasteiger partial charge on any atom is -0.348 e. The number of benzene rings is 3. The van der Waals surface area contributed by atoms with E-state index in [1.807, 2.05) is 68.4 Å². The van der Waals surface area contributed by atoms with Gasteiger partial charge in [-0.15, -0.1) is 0 Å². The molecular formula is C23H23N3OS. The predicted molar refractivity (Wildman–Crippen MR) is 120 cm³/mol. The van der Waals surface area contributed by atoms with Crippen molar-refractivity contribution in [3.05, 3.63) is 95.1 Å². The van der Waals surface area contributed by atoms with Crippen molar-refractivity contribution in [2.24, 2.45) is 0 Å². The van der Waals surface area contributed by atoms with Crippen molar-refractivity contribution >= 4 is 34.6 Å². The standard InChI is InChI=1S/C23H23N3OS/c1-16-11-17(2)13-21(12-16)26-23(28)25-20-10-6-9-19(14-20)22(27)24-15-18-7-4-3-5-8-18/h3-14H,15H2,1-2H3,(H,24,27)(H2,25,26,28). The third-order valence-electron chi connectivity index (χ3n) is 4.16. The van der Waals surface area contributed by atoms with E-state index in [0.717, 1.165) is 16.9 Å². The van der Waals surface area contributed by atoms with Crippen LogP contribution in [-0.2, 0) is 6.54 Å². The number of anilines is 2. The monoisotopic (exact) mass is 389 g/mol. The molecule has 3 aromatic carbocycles. The average Bonchev–Trinajstić information content (AvgIpc) is 2.66. The number of hydrogen-bond donors (Lipinski definition) is 3. The molecule has 0 fully saturated rings. The zero-order valence-electron chi connectivity index (χ0n) is 16.0. The van der Waals surface area contributed by atoms with Gasteiger partial charge in [-0.2, -0.15) is 0 Å². The number of amides is 1. The van der Waals surface area contributed by atoms with Crippen LogP contribution < -0.4 is 16.0 Å². The smallest absolute Gasteiger partial charge is 0.251 e. The molecule has 0 bridgehead atoms. The largest absolute Gasteiger partial charge is 0.348 e. The molecule has 0 radical (unpaired) electrons. The van der Waals surface area contributed by atoms with E-state index in [0.29, 0.717) is 17.2 Å². The second-order valence-electron chi connectivity index (χ2n) is 6.70. The summed E-state index contributed by atoms with van der Waals surface area (Å²) in [7, 11) is 0. The summed E-state index contributed by atoms with van der Waals surface area (Å²) in [6.45, 7) is 4.59. The summed E-state index contributed by atoms with van der Waals surface area (Å²) >= 11 is 5.41. The highest BCUT2D eigenvalue weighted by molar-refractivity contribution is 7.80. The Morgan fingerprint density at radius 2 is 1.50 bits per heavy atom. The molecule has 0 unspecified atom stereocenters. The molecule has 0 spiro atoms. The van der Waals surface area contributed by atoms with Crippen molar-refractivity contribution in [3.63, 3.8) is 0 Å². The van der Waals surface area contributed by atoms with Crippen molar-refractivity contribution in [3.8, 4) is 0 Å². The van der Waals surface area contributed by atoms with Crippen LogP contribution in [0.5, 0.6) is 0 Å². The van der Waals surface area contributed by atoms with Gasteiger partial charge in [0, 0.05) is 23.5 Å². The van der Waals surface area contributed by atoms with E-state index >= 15 is 0 Å². The van der Waals surface area contributed by atoms with Gasteiger partial charge in [0.05, 0.1) is 0 Å². The molecule has 0 saturated heterocycles. The molecule has 4 nitrogen and oxygen atoms in total. The third-order valence-corrected chi connectivity index (χ3v) is 4.36. The topological polar surface area (TPSA) is 53.2 Å². The molecular weight excluding hydrogens is 366 g/mol. The van der Waals surface area contributed by atoms with Crippen LogP contribution in [-0.4, -0.2) is 11.0 Å². The minimum atomic E-state index is -0.124. The second-order valence-corrected chi connectivity index (χ2v) is 7.11. The van der Waals surface area contributed by atoms with Gasteiger partial charge in [0.1, 0.15) is 0 Å². The fourth-order valence-corrected chi connectivity index (χ4v) is 3.19. The first kappa shape index (κ1) is 19.6. The lowest BCUT2D eigenvalue weighted by molar-refractivity contribution is 0.0951.